The molecule has 1 saturated carbocycles. The van der Waals surface area contributed by atoms with Crippen molar-refractivity contribution in [2.45, 2.75) is 63.8 Å². The number of benzene rings is 1. The molecule has 10 nitrogen and oxygen atoms in total. The van der Waals surface area contributed by atoms with E-state index in [1.54, 1.807) is 30.3 Å². The summed E-state index contributed by atoms with van der Waals surface area (Å²) in [6.45, 7) is 5.41. The molecule has 0 atom stereocenters. The maximum absolute atomic E-state index is 12.4. The van der Waals surface area contributed by atoms with E-state index in [0.29, 0.717) is 29.6 Å². The summed E-state index contributed by atoms with van der Waals surface area (Å²) >= 11 is 0. The summed E-state index contributed by atoms with van der Waals surface area (Å²) in [7, 11) is 0. The molecule has 1 heterocycles. The summed E-state index contributed by atoms with van der Waals surface area (Å²) in [6.07, 6.45) is 7.79. The van der Waals surface area contributed by atoms with Gasteiger partial charge in [0, 0.05) is 37.7 Å². The molecule has 4 N–H and O–H groups in total. The third kappa shape index (κ3) is 7.16. The fraction of sp³-hybridized carbons (Fsp3) is 0.458. The van der Waals surface area contributed by atoms with Crippen molar-refractivity contribution in [3.05, 3.63) is 48.6 Å². The number of carbonyl (C=O) groups is 3. The van der Waals surface area contributed by atoms with Crippen molar-refractivity contribution in [1.82, 2.24) is 20.8 Å². The Morgan fingerprint density at radius 3 is 2.32 bits per heavy atom. The maximum Gasteiger partial charge on any atom is 0.319 e. The molecule has 0 unspecified atom stereocenters. The highest BCUT2D eigenvalue weighted by molar-refractivity contribution is 5.92. The highest BCUT2D eigenvalue weighted by atomic mass is 16.5. The van der Waals surface area contributed by atoms with Gasteiger partial charge in [-0.25, -0.2) is 4.79 Å². The minimum absolute atomic E-state index is 0.119. The predicted octanol–water partition coefficient (Wildman–Crippen LogP) is 3.63. The largest absolute Gasteiger partial charge is 0.343 e. The third-order valence-electron chi connectivity index (χ3n) is 5.67. The van der Waals surface area contributed by atoms with Crippen LogP contribution < -0.4 is 21.3 Å². The van der Waals surface area contributed by atoms with Gasteiger partial charge in [0.15, 0.2) is 5.82 Å². The van der Waals surface area contributed by atoms with Crippen molar-refractivity contribution >= 4 is 29.2 Å². The van der Waals surface area contributed by atoms with Crippen molar-refractivity contribution in [1.29, 1.82) is 0 Å². The third-order valence-corrected chi connectivity index (χ3v) is 5.67. The highest BCUT2D eigenvalue weighted by Gasteiger charge is 2.38. The van der Waals surface area contributed by atoms with E-state index in [1.165, 1.54) is 6.92 Å². The molecule has 0 bridgehead atoms. The molecule has 4 amide bonds. The average molecular weight is 469 g/mol. The van der Waals surface area contributed by atoms with E-state index in [2.05, 4.69) is 38.0 Å². The molecule has 3 rings (SSSR count). The van der Waals surface area contributed by atoms with Gasteiger partial charge in [-0.05, 0) is 37.1 Å². The molecule has 1 aliphatic carbocycles. The van der Waals surface area contributed by atoms with Gasteiger partial charge in [-0.3, -0.25) is 9.59 Å². The lowest BCUT2D eigenvalue weighted by molar-refractivity contribution is -0.121. The fourth-order valence-electron chi connectivity index (χ4n) is 4.05. The van der Waals surface area contributed by atoms with Crippen molar-refractivity contribution in [3.63, 3.8) is 0 Å². The van der Waals surface area contributed by atoms with Gasteiger partial charge in [-0.15, -0.1) is 6.58 Å². The Hall–Kier alpha value is -3.69. The molecule has 1 fully saturated rings. The van der Waals surface area contributed by atoms with Crippen LogP contribution in [0.1, 0.15) is 63.6 Å². The summed E-state index contributed by atoms with van der Waals surface area (Å²) in [5.41, 5.74) is 0.603. The van der Waals surface area contributed by atoms with Gasteiger partial charge in [0.25, 0.3) is 0 Å². The van der Waals surface area contributed by atoms with Crippen LogP contribution in [0.3, 0.4) is 0 Å². The van der Waals surface area contributed by atoms with Crippen molar-refractivity contribution in [2.75, 3.05) is 17.2 Å². The van der Waals surface area contributed by atoms with Gasteiger partial charge in [-0.1, -0.05) is 36.9 Å². The summed E-state index contributed by atoms with van der Waals surface area (Å²) < 4.78 is 5.40. The number of nitrogens with zero attached hydrogens (tertiary/aromatic N) is 2. The number of aryl methyl sites for hydroxylation is 1. The predicted molar refractivity (Wildman–Crippen MR) is 128 cm³/mol. The van der Waals surface area contributed by atoms with Crippen molar-refractivity contribution in [2.24, 2.45) is 0 Å². The number of nitrogens with one attached hydrogen (secondary N) is 4. The van der Waals surface area contributed by atoms with Crippen LogP contribution in [0.4, 0.5) is 16.2 Å². The summed E-state index contributed by atoms with van der Waals surface area (Å²) in [5.74, 6) is 0.533. The van der Waals surface area contributed by atoms with Crippen LogP contribution in [0.5, 0.6) is 0 Å². The highest BCUT2D eigenvalue weighted by Crippen LogP contribution is 2.34. The van der Waals surface area contributed by atoms with E-state index >= 15 is 0 Å². The van der Waals surface area contributed by atoms with Crippen LogP contribution in [0.25, 0.3) is 0 Å². The van der Waals surface area contributed by atoms with E-state index in [1.807, 2.05) is 0 Å². The van der Waals surface area contributed by atoms with E-state index in [0.717, 1.165) is 38.5 Å². The molecular weight excluding hydrogens is 436 g/mol. The van der Waals surface area contributed by atoms with E-state index in [4.69, 9.17) is 4.52 Å². The molecule has 0 spiro atoms. The van der Waals surface area contributed by atoms with E-state index < -0.39 is 5.54 Å². The Kier molecular flexibility index (Phi) is 8.78. The Bertz CT molecular complexity index is 993. The lowest BCUT2D eigenvalue weighted by atomic mass is 9.89. The fourth-order valence-corrected chi connectivity index (χ4v) is 4.05. The number of amides is 4. The van der Waals surface area contributed by atoms with Gasteiger partial charge in [0.2, 0.25) is 17.7 Å². The summed E-state index contributed by atoms with van der Waals surface area (Å²) in [5, 5.41) is 15.3. The summed E-state index contributed by atoms with van der Waals surface area (Å²) in [4.78, 5) is 40.4. The Labute approximate surface area is 199 Å². The maximum atomic E-state index is 12.4. The molecule has 0 saturated heterocycles. The molecule has 1 aromatic heterocycles. The topological polar surface area (TPSA) is 138 Å². The number of rotatable bonds is 9. The Morgan fingerprint density at radius 1 is 1.06 bits per heavy atom. The van der Waals surface area contributed by atoms with Gasteiger partial charge in [-0.2, -0.15) is 4.98 Å². The van der Waals surface area contributed by atoms with Crippen LogP contribution >= 0.6 is 0 Å². The minimum Gasteiger partial charge on any atom is -0.343 e. The second-order valence-electron chi connectivity index (χ2n) is 8.44. The minimum atomic E-state index is -0.606. The SMILES string of the molecule is C=CCNC(=O)Nc1ccc(NC(=O)CCc2nc(C3(NC(C)=O)CCCCCC3)no2)cc1. The molecule has 182 valence electrons. The normalized spacial score (nSPS) is 15.0. The zero-order valence-electron chi connectivity index (χ0n) is 19.5. The molecule has 1 aromatic carbocycles. The number of aromatic nitrogens is 2. The lowest BCUT2D eigenvalue weighted by Gasteiger charge is -2.30. The van der Waals surface area contributed by atoms with Crippen molar-refractivity contribution < 1.29 is 18.9 Å². The number of hydrogen-bond donors (Lipinski definition) is 4. The van der Waals surface area contributed by atoms with Gasteiger partial charge >= 0.3 is 6.03 Å². The van der Waals surface area contributed by atoms with Crippen LogP contribution in [0, 0.1) is 0 Å². The van der Waals surface area contributed by atoms with Gasteiger partial charge in [0.1, 0.15) is 5.54 Å². The lowest BCUT2D eigenvalue weighted by Crippen LogP contribution is -2.45. The second kappa shape index (κ2) is 12.0. The number of carbonyl (C=O) groups excluding carboxylic acids is 3. The Morgan fingerprint density at radius 2 is 1.71 bits per heavy atom. The van der Waals surface area contributed by atoms with E-state index in [9.17, 15) is 14.4 Å². The standard InChI is InChI=1S/C24H32N6O4/c1-3-16-25-23(33)27-19-10-8-18(9-11-19)26-20(32)12-13-21-28-22(30-34-21)24(29-17(2)31)14-6-4-5-7-15-24/h3,8-11H,1,4-7,12-16H2,2H3,(H,26,32)(H,29,31)(H2,25,27,33). The van der Waals surface area contributed by atoms with Crippen molar-refractivity contribution in [3.8, 4) is 0 Å². The number of urea groups is 1. The van der Waals surface area contributed by atoms with Crippen LogP contribution in [-0.4, -0.2) is 34.5 Å². The number of hydrogen-bond acceptors (Lipinski definition) is 6. The van der Waals surface area contributed by atoms with E-state index in [-0.39, 0.29) is 30.7 Å². The first-order valence-electron chi connectivity index (χ1n) is 11.6. The zero-order valence-corrected chi connectivity index (χ0v) is 19.5. The molecule has 1 aliphatic rings. The molecule has 34 heavy (non-hydrogen) atoms. The van der Waals surface area contributed by atoms with Crippen LogP contribution in [0.15, 0.2) is 41.4 Å². The van der Waals surface area contributed by atoms with Gasteiger partial charge in [0.05, 0.1) is 0 Å². The molecular formula is C24H32N6O4. The first kappa shape index (κ1) is 24.9. The monoisotopic (exact) mass is 468 g/mol. The number of anilines is 2. The molecule has 2 aromatic rings. The second-order valence-corrected chi connectivity index (χ2v) is 8.44. The molecule has 10 heteroatoms. The first-order chi connectivity index (χ1) is 16.4. The Balaban J connectivity index is 1.53. The van der Waals surface area contributed by atoms with Crippen LogP contribution in [-0.2, 0) is 21.5 Å². The molecule has 0 radical (unpaired) electrons. The first-order valence-corrected chi connectivity index (χ1v) is 11.6. The quantitative estimate of drug-likeness (QED) is 0.327. The average Bonchev–Trinajstić information content (AvgIpc) is 3.17. The molecule has 0 aliphatic heterocycles. The van der Waals surface area contributed by atoms with Crippen LogP contribution in [0.2, 0.25) is 0 Å². The summed E-state index contributed by atoms with van der Waals surface area (Å²) in [6, 6.07) is 6.47. The van der Waals surface area contributed by atoms with Gasteiger partial charge < -0.3 is 25.8 Å². The zero-order chi connectivity index (χ0) is 24.4. The smallest absolute Gasteiger partial charge is 0.319 e.